The van der Waals surface area contributed by atoms with Crippen molar-refractivity contribution in [2.45, 2.75) is 19.5 Å². The molecule has 0 bridgehead atoms. The number of methoxy groups -OCH3 is 1. The highest BCUT2D eigenvalue weighted by atomic mass is 16.5. The minimum atomic E-state index is -0.140. The van der Waals surface area contributed by atoms with E-state index in [1.54, 1.807) is 55.1 Å². The van der Waals surface area contributed by atoms with Crippen molar-refractivity contribution in [2.24, 2.45) is 0 Å². The standard InChI is InChI=1S/C26H25N5O3/c1-17(19-5-7-20(8-6-19)26(33)29-14-18-4-3-11-27-13-18)30-25-16-28-15-22(31-25)21-9-10-23(32)24(12-21)34-2/h3-13,15-17,32H,14H2,1-2H3,(H,29,33)(H,30,31). The molecule has 8 heteroatoms. The van der Waals surface area contributed by atoms with Crippen LogP contribution in [0.25, 0.3) is 11.3 Å². The van der Waals surface area contributed by atoms with Crippen molar-refractivity contribution in [1.29, 1.82) is 0 Å². The van der Waals surface area contributed by atoms with E-state index in [0.29, 0.717) is 29.4 Å². The number of anilines is 1. The van der Waals surface area contributed by atoms with Gasteiger partial charge in [-0.2, -0.15) is 0 Å². The number of carbonyl (C=O) groups is 1. The highest BCUT2D eigenvalue weighted by molar-refractivity contribution is 5.94. The summed E-state index contributed by atoms with van der Waals surface area (Å²) < 4.78 is 5.18. The monoisotopic (exact) mass is 455 g/mol. The third kappa shape index (κ3) is 5.47. The topological polar surface area (TPSA) is 109 Å². The van der Waals surface area contributed by atoms with Gasteiger partial charge < -0.3 is 20.5 Å². The number of carbonyl (C=O) groups excluding carboxylic acids is 1. The number of aromatic nitrogens is 3. The van der Waals surface area contributed by atoms with E-state index in [9.17, 15) is 9.90 Å². The first-order valence-electron chi connectivity index (χ1n) is 10.8. The van der Waals surface area contributed by atoms with Gasteiger partial charge in [-0.15, -0.1) is 0 Å². The van der Waals surface area contributed by atoms with Crippen molar-refractivity contribution >= 4 is 11.7 Å². The number of amides is 1. The van der Waals surface area contributed by atoms with Crippen LogP contribution in [0.1, 0.15) is 34.5 Å². The van der Waals surface area contributed by atoms with E-state index in [1.807, 2.05) is 31.2 Å². The second-order valence-corrected chi connectivity index (χ2v) is 7.71. The molecule has 1 amide bonds. The van der Waals surface area contributed by atoms with Crippen molar-refractivity contribution < 1.29 is 14.6 Å². The lowest BCUT2D eigenvalue weighted by Gasteiger charge is -2.16. The van der Waals surface area contributed by atoms with Gasteiger partial charge in [-0.3, -0.25) is 14.8 Å². The Hall–Kier alpha value is -4.46. The van der Waals surface area contributed by atoms with Gasteiger partial charge in [0.1, 0.15) is 5.82 Å². The van der Waals surface area contributed by atoms with E-state index in [0.717, 1.165) is 16.7 Å². The molecule has 4 rings (SSSR count). The molecule has 0 fully saturated rings. The third-order valence-corrected chi connectivity index (χ3v) is 5.32. The molecule has 1 atom stereocenters. The Labute approximate surface area is 197 Å². The number of pyridine rings is 1. The summed E-state index contributed by atoms with van der Waals surface area (Å²) in [5, 5.41) is 16.1. The largest absolute Gasteiger partial charge is 0.504 e. The molecule has 0 aliphatic heterocycles. The number of ether oxygens (including phenoxy) is 1. The summed E-state index contributed by atoms with van der Waals surface area (Å²) in [6, 6.07) is 16.2. The van der Waals surface area contributed by atoms with Crippen LogP contribution in [-0.2, 0) is 6.54 Å². The fraction of sp³-hybridized carbons (Fsp3) is 0.154. The quantitative estimate of drug-likeness (QED) is 0.362. The molecule has 8 nitrogen and oxygen atoms in total. The van der Waals surface area contributed by atoms with Gasteiger partial charge in [0.15, 0.2) is 11.5 Å². The van der Waals surface area contributed by atoms with Crippen LogP contribution < -0.4 is 15.4 Å². The first-order valence-corrected chi connectivity index (χ1v) is 10.8. The predicted molar refractivity (Wildman–Crippen MR) is 130 cm³/mol. The van der Waals surface area contributed by atoms with Gasteiger partial charge in [0.25, 0.3) is 5.91 Å². The van der Waals surface area contributed by atoms with Crippen LogP contribution in [0.2, 0.25) is 0 Å². The highest BCUT2D eigenvalue weighted by Crippen LogP contribution is 2.31. The van der Waals surface area contributed by atoms with Gasteiger partial charge in [0.2, 0.25) is 0 Å². The number of aromatic hydroxyl groups is 1. The summed E-state index contributed by atoms with van der Waals surface area (Å²) in [6.07, 6.45) is 6.73. The molecular formula is C26H25N5O3. The highest BCUT2D eigenvalue weighted by Gasteiger charge is 2.11. The number of hydrogen-bond acceptors (Lipinski definition) is 7. The molecule has 34 heavy (non-hydrogen) atoms. The Balaban J connectivity index is 1.40. The van der Waals surface area contributed by atoms with Crippen molar-refractivity contribution in [2.75, 3.05) is 12.4 Å². The molecule has 1 unspecified atom stereocenters. The van der Waals surface area contributed by atoms with Crippen molar-refractivity contribution in [3.05, 3.63) is 96.1 Å². The predicted octanol–water partition coefficient (Wildman–Crippen LogP) is 4.36. The molecule has 4 aromatic rings. The zero-order chi connectivity index (χ0) is 23.9. The average Bonchev–Trinajstić information content (AvgIpc) is 2.88. The number of rotatable bonds is 8. The van der Waals surface area contributed by atoms with E-state index < -0.39 is 0 Å². The maximum Gasteiger partial charge on any atom is 0.251 e. The van der Waals surface area contributed by atoms with Crippen LogP contribution in [0.3, 0.4) is 0 Å². The first-order chi connectivity index (χ1) is 16.5. The number of benzene rings is 2. The second kappa shape index (κ2) is 10.4. The Morgan fingerprint density at radius 2 is 1.88 bits per heavy atom. The maximum atomic E-state index is 12.4. The Morgan fingerprint density at radius 3 is 2.62 bits per heavy atom. The second-order valence-electron chi connectivity index (χ2n) is 7.71. The number of phenolic OH excluding ortho intramolecular Hbond substituents is 1. The summed E-state index contributed by atoms with van der Waals surface area (Å²) in [5.74, 6) is 0.904. The molecule has 2 heterocycles. The molecule has 0 radical (unpaired) electrons. The van der Waals surface area contributed by atoms with Gasteiger partial charge >= 0.3 is 0 Å². The number of nitrogens with zero attached hydrogens (tertiary/aromatic N) is 3. The van der Waals surface area contributed by atoms with E-state index in [1.165, 1.54) is 7.11 Å². The molecule has 0 spiro atoms. The maximum absolute atomic E-state index is 12.4. The summed E-state index contributed by atoms with van der Waals surface area (Å²) >= 11 is 0. The Bertz CT molecular complexity index is 1260. The Morgan fingerprint density at radius 1 is 1.06 bits per heavy atom. The van der Waals surface area contributed by atoms with E-state index >= 15 is 0 Å². The third-order valence-electron chi connectivity index (χ3n) is 5.32. The van der Waals surface area contributed by atoms with Crippen LogP contribution in [0.4, 0.5) is 5.82 Å². The van der Waals surface area contributed by atoms with Gasteiger partial charge in [0.05, 0.1) is 25.2 Å². The number of hydrogen-bond donors (Lipinski definition) is 3. The van der Waals surface area contributed by atoms with Gasteiger partial charge in [-0.1, -0.05) is 18.2 Å². The summed E-state index contributed by atoms with van der Waals surface area (Å²) in [5.41, 5.74) is 3.96. The van der Waals surface area contributed by atoms with Crippen LogP contribution in [0.15, 0.2) is 79.4 Å². The summed E-state index contributed by atoms with van der Waals surface area (Å²) in [4.78, 5) is 25.4. The zero-order valence-electron chi connectivity index (χ0n) is 18.9. The SMILES string of the molecule is COc1cc(-c2cncc(NC(C)c3ccc(C(=O)NCc4cccnc4)cc3)n2)ccc1O. The van der Waals surface area contributed by atoms with Crippen LogP contribution in [-0.4, -0.2) is 33.1 Å². The van der Waals surface area contributed by atoms with Crippen molar-refractivity contribution in [1.82, 2.24) is 20.3 Å². The lowest BCUT2D eigenvalue weighted by molar-refractivity contribution is 0.0951. The van der Waals surface area contributed by atoms with Crippen molar-refractivity contribution in [3.63, 3.8) is 0 Å². The molecule has 0 saturated heterocycles. The van der Waals surface area contributed by atoms with E-state index in [-0.39, 0.29) is 17.7 Å². The van der Waals surface area contributed by atoms with Crippen LogP contribution in [0.5, 0.6) is 11.5 Å². The fourth-order valence-electron chi connectivity index (χ4n) is 3.43. The van der Waals surface area contributed by atoms with Gasteiger partial charge in [-0.05, 0) is 54.4 Å². The first kappa shape index (κ1) is 22.7. The lowest BCUT2D eigenvalue weighted by atomic mass is 10.1. The average molecular weight is 456 g/mol. The van der Waals surface area contributed by atoms with Gasteiger partial charge in [0, 0.05) is 36.1 Å². The summed E-state index contributed by atoms with van der Waals surface area (Å²) in [7, 11) is 1.50. The molecule has 3 N–H and O–H groups in total. The van der Waals surface area contributed by atoms with Crippen molar-refractivity contribution in [3.8, 4) is 22.8 Å². The minimum Gasteiger partial charge on any atom is -0.504 e. The van der Waals surface area contributed by atoms with E-state index in [2.05, 4.69) is 25.6 Å². The molecule has 0 aliphatic rings. The molecule has 0 aliphatic carbocycles. The normalized spacial score (nSPS) is 11.5. The van der Waals surface area contributed by atoms with Crippen LogP contribution in [0, 0.1) is 0 Å². The van der Waals surface area contributed by atoms with Crippen LogP contribution >= 0.6 is 0 Å². The minimum absolute atomic E-state index is 0.0635. The molecule has 2 aromatic carbocycles. The molecule has 0 saturated carbocycles. The molecule has 172 valence electrons. The molecule has 2 aromatic heterocycles. The fourth-order valence-corrected chi connectivity index (χ4v) is 3.43. The van der Waals surface area contributed by atoms with E-state index in [4.69, 9.17) is 4.74 Å². The number of nitrogens with one attached hydrogen (secondary N) is 2. The Kier molecular flexibility index (Phi) is 6.98. The van der Waals surface area contributed by atoms with Gasteiger partial charge in [-0.25, -0.2) is 4.98 Å². The summed E-state index contributed by atoms with van der Waals surface area (Å²) in [6.45, 7) is 2.43. The zero-order valence-corrected chi connectivity index (χ0v) is 18.9. The lowest BCUT2D eigenvalue weighted by Crippen LogP contribution is -2.22. The number of phenols is 1. The smallest absolute Gasteiger partial charge is 0.251 e. The molecular weight excluding hydrogens is 430 g/mol.